The van der Waals surface area contributed by atoms with Crippen LogP contribution < -0.4 is 15.2 Å². The molecule has 1 amide bonds. The molecule has 0 spiro atoms. The van der Waals surface area contributed by atoms with Gasteiger partial charge in [0.15, 0.2) is 0 Å². The molecule has 28 heavy (non-hydrogen) atoms. The average molecular weight is 374 g/mol. The van der Waals surface area contributed by atoms with Crippen molar-refractivity contribution in [3.63, 3.8) is 0 Å². The van der Waals surface area contributed by atoms with E-state index in [1.54, 1.807) is 35.3 Å². The predicted molar refractivity (Wildman–Crippen MR) is 105 cm³/mol. The van der Waals surface area contributed by atoms with Crippen molar-refractivity contribution >= 4 is 16.8 Å². The molecule has 0 unspecified atom stereocenters. The van der Waals surface area contributed by atoms with Crippen molar-refractivity contribution in [2.24, 2.45) is 5.73 Å². The molecule has 2 heterocycles. The van der Waals surface area contributed by atoms with E-state index in [2.05, 4.69) is 10.1 Å². The highest BCUT2D eigenvalue weighted by Gasteiger charge is 2.14. The van der Waals surface area contributed by atoms with Crippen molar-refractivity contribution < 1.29 is 14.3 Å². The van der Waals surface area contributed by atoms with E-state index in [-0.39, 0.29) is 5.56 Å². The second kappa shape index (κ2) is 7.03. The summed E-state index contributed by atoms with van der Waals surface area (Å²) in [5, 5.41) is 4.93. The third kappa shape index (κ3) is 3.25. The van der Waals surface area contributed by atoms with E-state index in [0.29, 0.717) is 28.2 Å². The molecule has 0 saturated heterocycles. The number of carbonyl (C=O) groups excluding carboxylic acids is 1. The van der Waals surface area contributed by atoms with Crippen LogP contribution in [-0.4, -0.2) is 27.8 Å². The Labute approximate surface area is 161 Å². The fraction of sp³-hybridized carbons (Fsp3) is 0.0952. The number of hydrogen-bond acceptors (Lipinski definition) is 5. The molecule has 0 atom stereocenters. The van der Waals surface area contributed by atoms with Crippen molar-refractivity contribution in [3.8, 4) is 22.9 Å². The summed E-state index contributed by atoms with van der Waals surface area (Å²) in [6.07, 6.45) is 5.23. The molecule has 4 rings (SSSR count). The highest BCUT2D eigenvalue weighted by atomic mass is 16.5. The third-order valence-electron chi connectivity index (χ3n) is 4.32. The second-order valence-electron chi connectivity index (χ2n) is 6.30. The first kappa shape index (κ1) is 17.5. The van der Waals surface area contributed by atoms with Gasteiger partial charge in [-0.1, -0.05) is 0 Å². The van der Waals surface area contributed by atoms with E-state index in [9.17, 15) is 4.79 Å². The van der Waals surface area contributed by atoms with Gasteiger partial charge < -0.3 is 15.2 Å². The molecule has 0 aliphatic heterocycles. The van der Waals surface area contributed by atoms with Crippen LogP contribution in [0.25, 0.3) is 16.6 Å². The third-order valence-corrected chi connectivity index (χ3v) is 4.32. The number of pyridine rings is 1. The number of rotatable bonds is 5. The lowest BCUT2D eigenvalue weighted by Gasteiger charge is -2.13. The van der Waals surface area contributed by atoms with Crippen molar-refractivity contribution in [2.75, 3.05) is 7.11 Å². The molecule has 0 bridgehead atoms. The Hall–Kier alpha value is -3.87. The number of nitrogens with zero attached hydrogens (tertiary/aromatic N) is 3. The summed E-state index contributed by atoms with van der Waals surface area (Å²) in [6, 6.07) is 12.8. The molecule has 0 aliphatic carbocycles. The number of amides is 1. The zero-order valence-electron chi connectivity index (χ0n) is 15.4. The first-order valence-corrected chi connectivity index (χ1v) is 8.61. The Balaban J connectivity index is 1.80. The van der Waals surface area contributed by atoms with Crippen LogP contribution in [0.15, 0.2) is 61.1 Å². The van der Waals surface area contributed by atoms with E-state index < -0.39 is 5.91 Å². The zero-order valence-corrected chi connectivity index (χ0v) is 15.4. The maximum absolute atomic E-state index is 11.8. The maximum atomic E-state index is 11.8. The minimum absolute atomic E-state index is 0.273. The molecule has 7 nitrogen and oxygen atoms in total. The van der Waals surface area contributed by atoms with Gasteiger partial charge in [0.1, 0.15) is 17.2 Å². The van der Waals surface area contributed by atoms with E-state index in [0.717, 1.165) is 11.3 Å². The van der Waals surface area contributed by atoms with Crippen LogP contribution in [0.1, 0.15) is 15.9 Å². The Kier molecular flexibility index (Phi) is 4.41. The summed E-state index contributed by atoms with van der Waals surface area (Å²) in [4.78, 5) is 16.1. The molecule has 0 radical (unpaired) electrons. The van der Waals surface area contributed by atoms with Gasteiger partial charge in [-0.15, -0.1) is 0 Å². The number of benzene rings is 2. The Morgan fingerprint density at radius 1 is 1.11 bits per heavy atom. The number of fused-ring (bicyclic) bond motifs is 1. The number of methoxy groups -OCH3 is 1. The molecular formula is C21H18N4O3. The molecule has 2 aromatic carbocycles. The van der Waals surface area contributed by atoms with Gasteiger partial charge >= 0.3 is 0 Å². The molecule has 7 heteroatoms. The number of nitrogens with two attached hydrogens (primary N) is 1. The Morgan fingerprint density at radius 2 is 1.96 bits per heavy atom. The highest BCUT2D eigenvalue weighted by Crippen LogP contribution is 2.34. The topological polar surface area (TPSA) is 92.3 Å². The van der Waals surface area contributed by atoms with Crippen LogP contribution in [-0.2, 0) is 0 Å². The molecule has 2 N–H and O–H groups in total. The number of ether oxygens (including phenoxy) is 2. The fourth-order valence-electron chi connectivity index (χ4n) is 3.07. The molecule has 0 saturated carbocycles. The fourth-order valence-corrected chi connectivity index (χ4v) is 3.07. The molecule has 140 valence electrons. The quantitative estimate of drug-likeness (QED) is 0.576. The maximum Gasteiger partial charge on any atom is 0.252 e. The monoisotopic (exact) mass is 374 g/mol. The van der Waals surface area contributed by atoms with E-state index >= 15 is 0 Å². The predicted octanol–water partition coefficient (Wildman–Crippen LogP) is 3.63. The van der Waals surface area contributed by atoms with Gasteiger partial charge in [0.2, 0.25) is 0 Å². The summed E-state index contributed by atoms with van der Waals surface area (Å²) >= 11 is 0. The van der Waals surface area contributed by atoms with Gasteiger partial charge in [0.25, 0.3) is 5.91 Å². The molecule has 2 aromatic heterocycles. The highest BCUT2D eigenvalue weighted by molar-refractivity contribution is 6.01. The second-order valence-corrected chi connectivity index (χ2v) is 6.30. The average Bonchev–Trinajstić information content (AvgIpc) is 3.21. The number of primary amides is 1. The first-order valence-electron chi connectivity index (χ1n) is 8.61. The molecular weight excluding hydrogens is 356 g/mol. The standard InChI is InChI=1S/C21H18N4O3/c1-13-8-14(25-7-3-5-24-25)10-15(9-13)28-19-4-6-23-18-12-20(27-2)17(21(22)26)11-16(18)19/h3-12H,1-2H3,(H2,22,26). The first-order chi connectivity index (χ1) is 13.5. The molecule has 4 aromatic rings. The van der Waals surface area contributed by atoms with E-state index in [1.165, 1.54) is 7.11 Å². The number of aryl methyl sites for hydroxylation is 1. The largest absolute Gasteiger partial charge is 0.496 e. The molecule has 0 aliphatic rings. The lowest BCUT2D eigenvalue weighted by atomic mass is 10.1. The summed E-state index contributed by atoms with van der Waals surface area (Å²) in [7, 11) is 1.48. The lowest BCUT2D eigenvalue weighted by molar-refractivity contribution is 0.0997. The van der Waals surface area contributed by atoms with Gasteiger partial charge in [0.05, 0.1) is 23.9 Å². The smallest absolute Gasteiger partial charge is 0.252 e. The van der Waals surface area contributed by atoms with Crippen LogP contribution in [0.4, 0.5) is 0 Å². The number of aromatic nitrogens is 3. The van der Waals surface area contributed by atoms with Crippen molar-refractivity contribution in [3.05, 3.63) is 72.2 Å². The van der Waals surface area contributed by atoms with Crippen LogP contribution in [0.5, 0.6) is 17.2 Å². The summed E-state index contributed by atoms with van der Waals surface area (Å²) in [6.45, 7) is 1.99. The van der Waals surface area contributed by atoms with Crippen LogP contribution in [0, 0.1) is 6.92 Å². The van der Waals surface area contributed by atoms with Crippen LogP contribution >= 0.6 is 0 Å². The van der Waals surface area contributed by atoms with Gasteiger partial charge in [-0.3, -0.25) is 9.78 Å². The van der Waals surface area contributed by atoms with Crippen molar-refractivity contribution in [2.45, 2.75) is 6.92 Å². The van der Waals surface area contributed by atoms with Crippen LogP contribution in [0.3, 0.4) is 0 Å². The number of hydrogen-bond donors (Lipinski definition) is 1. The molecule has 0 fully saturated rings. The minimum atomic E-state index is -0.579. The van der Waals surface area contributed by atoms with Gasteiger partial charge in [-0.05, 0) is 42.8 Å². The van der Waals surface area contributed by atoms with Gasteiger partial charge in [-0.2, -0.15) is 5.10 Å². The number of carbonyl (C=O) groups is 1. The van der Waals surface area contributed by atoms with Crippen molar-refractivity contribution in [1.29, 1.82) is 0 Å². The zero-order chi connectivity index (χ0) is 19.7. The van der Waals surface area contributed by atoms with E-state index in [4.69, 9.17) is 15.2 Å². The van der Waals surface area contributed by atoms with Gasteiger partial charge in [0, 0.05) is 36.1 Å². The van der Waals surface area contributed by atoms with Crippen LogP contribution in [0.2, 0.25) is 0 Å². The van der Waals surface area contributed by atoms with Gasteiger partial charge in [-0.25, -0.2) is 4.68 Å². The SMILES string of the molecule is COc1cc2nccc(Oc3cc(C)cc(-n4cccn4)c3)c2cc1C(N)=O. The summed E-state index contributed by atoms with van der Waals surface area (Å²) in [5.74, 6) is 1.01. The minimum Gasteiger partial charge on any atom is -0.496 e. The lowest BCUT2D eigenvalue weighted by Crippen LogP contribution is -2.12. The summed E-state index contributed by atoms with van der Waals surface area (Å²) in [5.41, 5.74) is 8.31. The van der Waals surface area contributed by atoms with E-state index in [1.807, 2.05) is 37.4 Å². The Morgan fingerprint density at radius 3 is 2.68 bits per heavy atom. The Bertz CT molecular complexity index is 1170. The normalized spacial score (nSPS) is 10.8. The van der Waals surface area contributed by atoms with Crippen molar-refractivity contribution in [1.82, 2.24) is 14.8 Å². The summed E-state index contributed by atoms with van der Waals surface area (Å²) < 4.78 is 13.2.